The van der Waals surface area contributed by atoms with Crippen LogP contribution in [0.4, 0.5) is 0 Å². The van der Waals surface area contributed by atoms with Crippen LogP contribution in [0.1, 0.15) is 17.5 Å². The van der Waals surface area contributed by atoms with Gasteiger partial charge in [-0.3, -0.25) is 14.7 Å². The van der Waals surface area contributed by atoms with Crippen molar-refractivity contribution in [1.29, 1.82) is 0 Å². The lowest BCUT2D eigenvalue weighted by atomic mass is 9.79. The Kier molecular flexibility index (Phi) is 6.94. The molecule has 1 unspecified atom stereocenters. The molecule has 0 bridgehead atoms. The predicted molar refractivity (Wildman–Crippen MR) is 129 cm³/mol. The number of likely N-dealkylation sites (tertiary alicyclic amines) is 1. The van der Waals surface area contributed by atoms with Crippen molar-refractivity contribution in [1.82, 2.24) is 15.2 Å². The number of benzene rings is 2. The summed E-state index contributed by atoms with van der Waals surface area (Å²) in [7, 11) is 5.01. The number of amides is 1. The van der Waals surface area contributed by atoms with Gasteiger partial charge in [0.2, 0.25) is 5.91 Å². The molecule has 1 saturated heterocycles. The number of hydrogen-bond donors (Lipinski definition) is 1. The maximum Gasteiger partial charge on any atom is 0.227 e. The summed E-state index contributed by atoms with van der Waals surface area (Å²) >= 11 is 0. The predicted octanol–water partition coefficient (Wildman–Crippen LogP) is 3.95. The van der Waals surface area contributed by atoms with Crippen molar-refractivity contribution < 1.29 is 14.3 Å². The Morgan fingerprint density at radius 3 is 2.30 bits per heavy atom. The first-order chi connectivity index (χ1) is 16.1. The molecule has 1 aromatic heterocycles. The number of carbonyl (C=O) groups excluding carboxylic acids is 1. The molecule has 2 heterocycles. The van der Waals surface area contributed by atoms with Crippen LogP contribution in [-0.2, 0) is 17.8 Å². The highest BCUT2D eigenvalue weighted by molar-refractivity contribution is 5.83. The lowest BCUT2D eigenvalue weighted by molar-refractivity contribution is -0.130. The summed E-state index contributed by atoms with van der Waals surface area (Å²) in [5.41, 5.74) is 4.16. The lowest BCUT2D eigenvalue weighted by Crippen LogP contribution is -2.43. The fourth-order valence-corrected chi connectivity index (χ4v) is 4.76. The van der Waals surface area contributed by atoms with E-state index in [4.69, 9.17) is 9.47 Å². The number of ether oxygens (including phenoxy) is 2. The molecule has 1 atom stereocenters. The molecule has 0 saturated carbocycles. The Balaban J connectivity index is 1.49. The molecule has 2 aromatic carbocycles. The Bertz CT molecular complexity index is 1090. The Morgan fingerprint density at radius 1 is 0.970 bits per heavy atom. The van der Waals surface area contributed by atoms with E-state index in [9.17, 15) is 4.79 Å². The number of nitrogens with one attached hydrogen (secondary N) is 1. The number of rotatable bonds is 8. The molecular weight excluding hydrogens is 414 g/mol. The first-order valence-corrected chi connectivity index (χ1v) is 11.2. The first-order valence-electron chi connectivity index (χ1n) is 11.2. The molecule has 4 rings (SSSR count). The minimum atomic E-state index is -0.441. The second-order valence-corrected chi connectivity index (χ2v) is 8.62. The zero-order valence-corrected chi connectivity index (χ0v) is 19.5. The van der Waals surface area contributed by atoms with Crippen molar-refractivity contribution >= 4 is 5.91 Å². The molecular formula is C27H31N3O3. The molecule has 6 nitrogen and oxygen atoms in total. The smallest absolute Gasteiger partial charge is 0.227 e. The molecule has 0 radical (unpaired) electrons. The maximum absolute atomic E-state index is 13.0. The molecule has 1 aliphatic heterocycles. The third-order valence-corrected chi connectivity index (χ3v) is 6.51. The molecule has 1 amide bonds. The Labute approximate surface area is 195 Å². The van der Waals surface area contributed by atoms with E-state index in [1.165, 1.54) is 5.56 Å². The normalized spacial score (nSPS) is 18.2. The summed E-state index contributed by atoms with van der Waals surface area (Å²) in [4.78, 5) is 19.5. The number of methoxy groups -OCH3 is 2. The van der Waals surface area contributed by atoms with E-state index in [0.717, 1.165) is 47.7 Å². The van der Waals surface area contributed by atoms with E-state index in [2.05, 4.69) is 45.5 Å². The molecule has 0 aliphatic carbocycles. The number of hydrogen-bond acceptors (Lipinski definition) is 5. The van der Waals surface area contributed by atoms with E-state index in [1.807, 2.05) is 24.3 Å². The molecule has 0 spiro atoms. The monoisotopic (exact) mass is 445 g/mol. The molecule has 1 aliphatic rings. The average molecular weight is 446 g/mol. The molecule has 6 heteroatoms. The van der Waals surface area contributed by atoms with Crippen LogP contribution in [0.2, 0.25) is 0 Å². The second-order valence-electron chi connectivity index (χ2n) is 8.62. The Hall–Kier alpha value is -3.38. The van der Waals surface area contributed by atoms with Gasteiger partial charge in [0.15, 0.2) is 11.5 Å². The van der Waals surface area contributed by atoms with Gasteiger partial charge in [0.05, 0.1) is 19.6 Å². The van der Waals surface area contributed by atoms with E-state index >= 15 is 0 Å². The van der Waals surface area contributed by atoms with E-state index in [0.29, 0.717) is 13.0 Å². The highest BCUT2D eigenvalue weighted by Crippen LogP contribution is 2.36. The van der Waals surface area contributed by atoms with Crippen molar-refractivity contribution in [2.75, 3.05) is 34.4 Å². The lowest BCUT2D eigenvalue weighted by Gasteiger charge is -2.28. The van der Waals surface area contributed by atoms with Crippen LogP contribution in [0.5, 0.6) is 11.5 Å². The van der Waals surface area contributed by atoms with Crippen molar-refractivity contribution in [2.45, 2.75) is 19.4 Å². The second kappa shape index (κ2) is 10.0. The molecule has 3 aromatic rings. The number of nitrogens with zero attached hydrogens (tertiary/aromatic N) is 2. The number of pyridine rings is 1. The van der Waals surface area contributed by atoms with Crippen molar-refractivity contribution in [3.63, 3.8) is 0 Å². The molecule has 172 valence electrons. The highest BCUT2D eigenvalue weighted by atomic mass is 16.5. The van der Waals surface area contributed by atoms with Crippen LogP contribution in [0, 0.1) is 5.41 Å². The number of aromatic nitrogens is 1. The topological polar surface area (TPSA) is 63.7 Å². The quantitative estimate of drug-likeness (QED) is 0.569. The highest BCUT2D eigenvalue weighted by Gasteiger charge is 2.44. The Morgan fingerprint density at radius 2 is 1.64 bits per heavy atom. The van der Waals surface area contributed by atoms with Gasteiger partial charge in [-0.15, -0.1) is 0 Å². The van der Waals surface area contributed by atoms with Crippen LogP contribution >= 0.6 is 0 Å². The van der Waals surface area contributed by atoms with Gasteiger partial charge < -0.3 is 14.8 Å². The maximum atomic E-state index is 13.0. The van der Waals surface area contributed by atoms with Gasteiger partial charge in [0.1, 0.15) is 0 Å². The van der Waals surface area contributed by atoms with Crippen LogP contribution in [-0.4, -0.2) is 50.1 Å². The van der Waals surface area contributed by atoms with Crippen LogP contribution < -0.4 is 14.8 Å². The average Bonchev–Trinajstić information content (AvgIpc) is 3.27. The molecule has 1 N–H and O–H groups in total. The number of carbonyl (C=O) groups is 1. The van der Waals surface area contributed by atoms with Gasteiger partial charge in [-0.2, -0.15) is 0 Å². The summed E-state index contributed by atoms with van der Waals surface area (Å²) in [6, 6.07) is 18.5. The third kappa shape index (κ3) is 5.01. The SMILES string of the molecule is CNC(=O)C1(Cc2ccc(-c3ccncc3)cc2)CCN(Cc2ccc(OC)c(OC)c2)C1. The van der Waals surface area contributed by atoms with Gasteiger partial charge in [-0.1, -0.05) is 30.3 Å². The summed E-state index contributed by atoms with van der Waals surface area (Å²) < 4.78 is 10.8. The molecule has 33 heavy (non-hydrogen) atoms. The van der Waals surface area contributed by atoms with E-state index in [-0.39, 0.29) is 5.91 Å². The summed E-state index contributed by atoms with van der Waals surface area (Å²) in [6.45, 7) is 2.35. The third-order valence-electron chi connectivity index (χ3n) is 6.51. The van der Waals surface area contributed by atoms with Crippen molar-refractivity contribution in [3.05, 3.63) is 78.1 Å². The van der Waals surface area contributed by atoms with Gasteiger partial charge in [-0.05, 0) is 65.9 Å². The largest absolute Gasteiger partial charge is 0.493 e. The minimum absolute atomic E-state index is 0.107. The fourth-order valence-electron chi connectivity index (χ4n) is 4.76. The van der Waals surface area contributed by atoms with Gasteiger partial charge in [0, 0.05) is 32.5 Å². The summed E-state index contributed by atoms with van der Waals surface area (Å²) in [5, 5.41) is 2.91. The zero-order valence-electron chi connectivity index (χ0n) is 19.5. The molecule has 1 fully saturated rings. The van der Waals surface area contributed by atoms with Crippen LogP contribution in [0.25, 0.3) is 11.1 Å². The minimum Gasteiger partial charge on any atom is -0.493 e. The first kappa shape index (κ1) is 22.8. The van der Waals surface area contributed by atoms with E-state index in [1.54, 1.807) is 33.7 Å². The standard InChI is InChI=1S/C27H31N3O3/c1-28-26(31)27(17-20-4-7-22(8-5-20)23-10-13-29-14-11-23)12-15-30(19-27)18-21-6-9-24(32-2)25(16-21)33-3/h4-11,13-14,16H,12,15,17-19H2,1-3H3,(H,28,31). The fraction of sp³-hybridized carbons (Fsp3) is 0.333. The van der Waals surface area contributed by atoms with E-state index < -0.39 is 5.41 Å². The van der Waals surface area contributed by atoms with Crippen molar-refractivity contribution in [2.24, 2.45) is 5.41 Å². The zero-order chi connectivity index (χ0) is 23.3. The van der Waals surface area contributed by atoms with Crippen molar-refractivity contribution in [3.8, 4) is 22.6 Å². The van der Waals surface area contributed by atoms with Gasteiger partial charge in [0.25, 0.3) is 0 Å². The van der Waals surface area contributed by atoms with Crippen LogP contribution in [0.15, 0.2) is 67.0 Å². The van der Waals surface area contributed by atoms with Crippen LogP contribution in [0.3, 0.4) is 0 Å². The summed E-state index contributed by atoms with van der Waals surface area (Å²) in [5.74, 6) is 1.55. The van der Waals surface area contributed by atoms with Gasteiger partial charge >= 0.3 is 0 Å². The summed E-state index contributed by atoms with van der Waals surface area (Å²) in [6.07, 6.45) is 5.14. The van der Waals surface area contributed by atoms with Gasteiger partial charge in [-0.25, -0.2) is 0 Å².